The van der Waals surface area contributed by atoms with E-state index < -0.39 is 10.1 Å². The molecule has 118 valence electrons. The standard InChI is InChI=1S/C9H12NO.C7H8O3S/c1-10-6-2-4-9(8-10)5-3-7-11;1-6-2-4-7(5-3-6)11(8,9)10/h2-6,8,11H,7H2,1H3;2-5H,1H3,(H,8,9,10)/q+1;/p-1/b5-3+;. The molecule has 0 aliphatic heterocycles. The smallest absolute Gasteiger partial charge is 0.175 e. The number of pyridine rings is 1. The summed E-state index contributed by atoms with van der Waals surface area (Å²) in [5, 5.41) is 8.50. The lowest BCUT2D eigenvalue weighted by atomic mass is 10.2. The van der Waals surface area contributed by atoms with Crippen LogP contribution in [0.4, 0.5) is 0 Å². The molecule has 0 radical (unpaired) electrons. The number of nitrogens with zero attached hydrogens (tertiary/aromatic N) is 1. The average molecular weight is 321 g/mol. The van der Waals surface area contributed by atoms with Gasteiger partial charge in [0.25, 0.3) is 0 Å². The third kappa shape index (κ3) is 6.62. The van der Waals surface area contributed by atoms with Gasteiger partial charge in [0.1, 0.15) is 17.2 Å². The maximum absolute atomic E-state index is 10.4. The summed E-state index contributed by atoms with van der Waals surface area (Å²) in [6.45, 7) is 1.92. The number of hydrogen-bond acceptors (Lipinski definition) is 4. The molecule has 1 aromatic carbocycles. The minimum atomic E-state index is -4.27. The Labute approximate surface area is 130 Å². The van der Waals surface area contributed by atoms with Crippen LogP contribution in [0.25, 0.3) is 6.08 Å². The van der Waals surface area contributed by atoms with Crippen molar-refractivity contribution in [1.29, 1.82) is 0 Å². The van der Waals surface area contributed by atoms with E-state index in [-0.39, 0.29) is 11.5 Å². The molecule has 0 amide bonds. The van der Waals surface area contributed by atoms with E-state index in [0.29, 0.717) is 0 Å². The molecule has 6 heteroatoms. The van der Waals surface area contributed by atoms with Gasteiger partial charge in [0.2, 0.25) is 0 Å². The summed E-state index contributed by atoms with van der Waals surface area (Å²) < 4.78 is 33.1. The van der Waals surface area contributed by atoms with E-state index in [4.69, 9.17) is 5.11 Å². The van der Waals surface area contributed by atoms with Gasteiger partial charge in [0.15, 0.2) is 12.4 Å². The van der Waals surface area contributed by atoms with E-state index >= 15 is 0 Å². The van der Waals surface area contributed by atoms with Crippen LogP contribution in [0.2, 0.25) is 0 Å². The maximum Gasteiger partial charge on any atom is 0.175 e. The van der Waals surface area contributed by atoms with Gasteiger partial charge in [-0.25, -0.2) is 13.0 Å². The molecule has 0 unspecified atom stereocenters. The highest BCUT2D eigenvalue weighted by molar-refractivity contribution is 7.85. The van der Waals surface area contributed by atoms with Crippen LogP contribution < -0.4 is 4.57 Å². The van der Waals surface area contributed by atoms with Crippen LogP contribution in [0.3, 0.4) is 0 Å². The Morgan fingerprint density at radius 3 is 2.36 bits per heavy atom. The summed E-state index contributed by atoms with van der Waals surface area (Å²) in [5.74, 6) is 0. The van der Waals surface area contributed by atoms with Gasteiger partial charge in [-0.1, -0.05) is 29.8 Å². The van der Waals surface area contributed by atoms with E-state index in [9.17, 15) is 13.0 Å². The van der Waals surface area contributed by atoms with Crippen molar-refractivity contribution in [2.75, 3.05) is 6.61 Å². The first-order valence-corrected chi connectivity index (χ1v) is 7.99. The molecule has 0 fully saturated rings. The van der Waals surface area contributed by atoms with E-state index in [0.717, 1.165) is 11.1 Å². The van der Waals surface area contributed by atoms with Crippen molar-refractivity contribution in [3.05, 3.63) is 66.0 Å². The second-order valence-corrected chi connectivity index (χ2v) is 6.03. The topological polar surface area (TPSA) is 81.3 Å². The van der Waals surface area contributed by atoms with E-state index in [2.05, 4.69) is 0 Å². The molecule has 1 heterocycles. The van der Waals surface area contributed by atoms with Crippen LogP contribution in [0.1, 0.15) is 11.1 Å². The highest BCUT2D eigenvalue weighted by Gasteiger charge is 1.97. The van der Waals surface area contributed by atoms with Gasteiger partial charge in [0.05, 0.1) is 11.5 Å². The largest absolute Gasteiger partial charge is 0.744 e. The molecular formula is C16H19NO4S. The summed E-state index contributed by atoms with van der Waals surface area (Å²) in [7, 11) is -2.30. The van der Waals surface area contributed by atoms with Gasteiger partial charge in [-0.05, 0) is 25.1 Å². The molecule has 0 aliphatic rings. The van der Waals surface area contributed by atoms with Crippen LogP contribution >= 0.6 is 0 Å². The van der Waals surface area contributed by atoms with Crippen molar-refractivity contribution in [3.63, 3.8) is 0 Å². The second kappa shape index (κ2) is 8.43. The Kier molecular flexibility index (Phi) is 6.91. The Balaban J connectivity index is 0.000000220. The normalized spacial score (nSPS) is 11.1. The van der Waals surface area contributed by atoms with Gasteiger partial charge >= 0.3 is 0 Å². The minimum absolute atomic E-state index is 0.0958. The van der Waals surface area contributed by atoms with Crippen LogP contribution in [0.15, 0.2) is 59.8 Å². The number of hydrogen-bond donors (Lipinski definition) is 1. The fourth-order valence-electron chi connectivity index (χ4n) is 1.60. The van der Waals surface area contributed by atoms with Crippen LogP contribution in [0.5, 0.6) is 0 Å². The van der Waals surface area contributed by atoms with Gasteiger partial charge < -0.3 is 9.66 Å². The van der Waals surface area contributed by atoms with Crippen molar-refractivity contribution >= 4 is 16.2 Å². The first-order chi connectivity index (χ1) is 10.3. The van der Waals surface area contributed by atoms with E-state index in [1.165, 1.54) is 12.1 Å². The Morgan fingerprint density at radius 1 is 1.23 bits per heavy atom. The molecule has 0 spiro atoms. The lowest BCUT2D eigenvalue weighted by Crippen LogP contribution is -2.26. The number of aryl methyl sites for hydroxylation is 2. The fraction of sp³-hybridized carbons (Fsp3) is 0.188. The lowest BCUT2D eigenvalue weighted by Gasteiger charge is -2.05. The molecule has 2 aromatic rings. The summed E-state index contributed by atoms with van der Waals surface area (Å²) in [5.41, 5.74) is 2.03. The van der Waals surface area contributed by atoms with Gasteiger partial charge in [-0.15, -0.1) is 0 Å². The molecule has 1 N–H and O–H groups in total. The third-order valence-electron chi connectivity index (χ3n) is 2.69. The molecule has 0 saturated carbocycles. The zero-order valence-corrected chi connectivity index (χ0v) is 13.3. The molecule has 0 bridgehead atoms. The SMILES string of the molecule is C[n+]1cccc(/C=C/CO)c1.Cc1ccc(S(=O)(=O)[O-])cc1. The molecule has 0 aliphatic carbocycles. The van der Waals surface area contributed by atoms with Crippen LogP contribution in [-0.4, -0.2) is 24.7 Å². The maximum atomic E-state index is 10.4. The van der Waals surface area contributed by atoms with Crippen molar-refractivity contribution in [2.45, 2.75) is 11.8 Å². The quantitative estimate of drug-likeness (QED) is 0.685. The fourth-order valence-corrected chi connectivity index (χ4v) is 2.07. The highest BCUT2D eigenvalue weighted by Crippen LogP contribution is 2.08. The predicted molar refractivity (Wildman–Crippen MR) is 82.9 cm³/mol. The van der Waals surface area contributed by atoms with Crippen LogP contribution in [0, 0.1) is 6.92 Å². The summed E-state index contributed by atoms with van der Waals surface area (Å²) >= 11 is 0. The second-order valence-electron chi connectivity index (χ2n) is 4.65. The van der Waals surface area contributed by atoms with Gasteiger partial charge in [0, 0.05) is 11.6 Å². The third-order valence-corrected chi connectivity index (χ3v) is 3.54. The number of aliphatic hydroxyl groups is 1. The zero-order chi connectivity index (χ0) is 16.6. The van der Waals surface area contributed by atoms with Crippen molar-refractivity contribution in [3.8, 4) is 0 Å². The Bertz CT molecular complexity index is 722. The van der Waals surface area contributed by atoms with Crippen molar-refractivity contribution in [2.24, 2.45) is 7.05 Å². The summed E-state index contributed by atoms with van der Waals surface area (Å²) in [6.07, 6.45) is 7.57. The number of rotatable bonds is 3. The molecule has 2 rings (SSSR count). The molecule has 22 heavy (non-hydrogen) atoms. The monoisotopic (exact) mass is 321 g/mol. The van der Waals surface area contributed by atoms with Gasteiger partial charge in [-0.3, -0.25) is 0 Å². The lowest BCUT2D eigenvalue weighted by molar-refractivity contribution is -0.671. The number of aliphatic hydroxyl groups excluding tert-OH is 1. The van der Waals surface area contributed by atoms with Crippen LogP contribution in [-0.2, 0) is 17.2 Å². The predicted octanol–water partition coefficient (Wildman–Crippen LogP) is 1.42. The number of benzene rings is 1. The molecule has 0 atom stereocenters. The van der Waals surface area contributed by atoms with Crippen molar-refractivity contribution in [1.82, 2.24) is 0 Å². The molecule has 0 saturated heterocycles. The minimum Gasteiger partial charge on any atom is -0.744 e. The van der Waals surface area contributed by atoms with E-state index in [1.54, 1.807) is 18.2 Å². The van der Waals surface area contributed by atoms with Gasteiger partial charge in [-0.2, -0.15) is 0 Å². The average Bonchev–Trinajstić information content (AvgIpc) is 2.45. The van der Waals surface area contributed by atoms with E-state index in [1.807, 2.05) is 49.1 Å². The summed E-state index contributed by atoms with van der Waals surface area (Å²) in [4.78, 5) is -0.178. The Hall–Kier alpha value is -2.02. The number of aromatic nitrogens is 1. The molecule has 5 nitrogen and oxygen atoms in total. The summed E-state index contributed by atoms with van der Waals surface area (Å²) in [6, 6.07) is 9.74. The van der Waals surface area contributed by atoms with Crippen molar-refractivity contribution < 1.29 is 22.6 Å². The highest BCUT2D eigenvalue weighted by atomic mass is 32.2. The first kappa shape index (κ1) is 18.0. The molecular weight excluding hydrogens is 302 g/mol. The zero-order valence-electron chi connectivity index (χ0n) is 12.5. The molecule has 1 aromatic heterocycles. The first-order valence-electron chi connectivity index (χ1n) is 6.58. The Morgan fingerprint density at radius 2 is 1.86 bits per heavy atom.